The van der Waals surface area contributed by atoms with E-state index in [0.717, 1.165) is 25.7 Å². The standard InChI is InChI=1S/C9H19N3O.C6H14N2.C3H6BrNO/c1-11(2)8-3-5-12(7-8)6-4-9(10)13;1-8(2)6-3-4-7-5-6;4-2-1-3(5)6/h8H,3-7H2,1-2H3,(H2,10,13);6-7H,3-5H2,1-2H3;1-2H2,(H2,5,6)/t8-;6-;/m11./s1. The molecule has 2 amide bonds. The maximum absolute atomic E-state index is 10.6. The lowest BCUT2D eigenvalue weighted by Gasteiger charge is -2.19. The van der Waals surface area contributed by atoms with Crippen LogP contribution in [-0.2, 0) is 9.59 Å². The Morgan fingerprint density at radius 1 is 1.04 bits per heavy atom. The van der Waals surface area contributed by atoms with Gasteiger partial charge in [-0.05, 0) is 54.1 Å². The van der Waals surface area contributed by atoms with Gasteiger partial charge in [-0.25, -0.2) is 0 Å². The summed E-state index contributed by atoms with van der Waals surface area (Å²) in [5, 5.41) is 3.98. The number of likely N-dealkylation sites (tertiary alicyclic amines) is 1. The molecular formula is C18H39BrN6O2. The van der Waals surface area contributed by atoms with Crippen molar-refractivity contribution in [1.82, 2.24) is 20.0 Å². The Labute approximate surface area is 173 Å². The maximum atomic E-state index is 10.6. The van der Waals surface area contributed by atoms with Crippen LogP contribution in [-0.4, -0.2) is 105 Å². The Bertz CT molecular complexity index is 417. The smallest absolute Gasteiger partial charge is 0.218 e. The third-order valence-electron chi connectivity index (χ3n) is 4.76. The minimum Gasteiger partial charge on any atom is -0.370 e. The zero-order chi connectivity index (χ0) is 20.8. The number of amides is 2. The molecule has 0 aliphatic carbocycles. The number of nitrogens with two attached hydrogens (primary N) is 2. The van der Waals surface area contributed by atoms with Gasteiger partial charge in [-0.1, -0.05) is 15.9 Å². The average Bonchev–Trinajstić information content (AvgIpc) is 3.26. The number of nitrogens with zero attached hydrogens (tertiary/aromatic N) is 3. The first-order valence-electron chi connectivity index (χ1n) is 9.55. The third kappa shape index (κ3) is 14.0. The Kier molecular flexibility index (Phi) is 14.8. The Morgan fingerprint density at radius 2 is 1.63 bits per heavy atom. The van der Waals surface area contributed by atoms with Crippen LogP contribution in [0.5, 0.6) is 0 Å². The van der Waals surface area contributed by atoms with Crippen molar-refractivity contribution in [2.75, 3.05) is 66.2 Å². The van der Waals surface area contributed by atoms with Gasteiger partial charge in [0.2, 0.25) is 11.8 Å². The predicted molar refractivity (Wildman–Crippen MR) is 115 cm³/mol. The summed E-state index contributed by atoms with van der Waals surface area (Å²) in [6.45, 7) is 5.35. The van der Waals surface area contributed by atoms with Gasteiger partial charge in [-0.15, -0.1) is 0 Å². The number of nitrogens with one attached hydrogen (secondary N) is 1. The van der Waals surface area contributed by atoms with E-state index in [-0.39, 0.29) is 11.8 Å². The van der Waals surface area contributed by atoms with Crippen LogP contribution in [0.4, 0.5) is 0 Å². The molecule has 2 aliphatic heterocycles. The van der Waals surface area contributed by atoms with Gasteiger partial charge < -0.3 is 31.5 Å². The van der Waals surface area contributed by atoms with Gasteiger partial charge in [0.25, 0.3) is 0 Å². The minimum absolute atomic E-state index is 0.201. The first-order valence-corrected chi connectivity index (χ1v) is 10.7. The largest absolute Gasteiger partial charge is 0.370 e. The molecular weight excluding hydrogens is 412 g/mol. The van der Waals surface area contributed by atoms with Gasteiger partial charge in [-0.2, -0.15) is 0 Å². The topological polar surface area (TPSA) is 108 Å². The van der Waals surface area contributed by atoms with Gasteiger partial charge >= 0.3 is 0 Å². The normalized spacial score (nSPS) is 22.2. The second kappa shape index (κ2) is 15.2. The number of alkyl halides is 1. The molecule has 0 aromatic rings. The third-order valence-corrected chi connectivity index (χ3v) is 5.15. The molecule has 2 saturated heterocycles. The van der Waals surface area contributed by atoms with Crippen LogP contribution < -0.4 is 16.8 Å². The van der Waals surface area contributed by atoms with Crippen LogP contribution in [0.1, 0.15) is 25.7 Å². The van der Waals surface area contributed by atoms with Crippen LogP contribution in [0.25, 0.3) is 0 Å². The van der Waals surface area contributed by atoms with Crippen LogP contribution in [0.2, 0.25) is 0 Å². The summed E-state index contributed by atoms with van der Waals surface area (Å²) in [5.74, 6) is -0.458. The molecule has 0 saturated carbocycles. The Hall–Kier alpha value is -0.740. The van der Waals surface area contributed by atoms with Crippen LogP contribution in [0.3, 0.4) is 0 Å². The van der Waals surface area contributed by atoms with Crippen molar-refractivity contribution in [3.63, 3.8) is 0 Å². The highest BCUT2D eigenvalue weighted by Crippen LogP contribution is 2.12. The molecule has 0 spiro atoms. The van der Waals surface area contributed by atoms with Crippen molar-refractivity contribution in [2.45, 2.75) is 37.8 Å². The molecule has 27 heavy (non-hydrogen) atoms. The quantitative estimate of drug-likeness (QED) is 0.458. The highest BCUT2D eigenvalue weighted by atomic mass is 79.9. The highest BCUT2D eigenvalue weighted by molar-refractivity contribution is 9.09. The fourth-order valence-corrected chi connectivity index (χ4v) is 3.27. The summed E-state index contributed by atoms with van der Waals surface area (Å²) in [4.78, 5) is 27.2. The molecule has 0 bridgehead atoms. The van der Waals surface area contributed by atoms with Crippen molar-refractivity contribution in [3.05, 3.63) is 0 Å². The van der Waals surface area contributed by atoms with Crippen molar-refractivity contribution in [2.24, 2.45) is 11.5 Å². The number of primary amides is 2. The summed E-state index contributed by atoms with van der Waals surface area (Å²) in [6, 6.07) is 1.43. The Balaban J connectivity index is 0.000000413. The summed E-state index contributed by atoms with van der Waals surface area (Å²) in [5.41, 5.74) is 9.82. The molecule has 2 rings (SSSR count). The first-order chi connectivity index (χ1) is 12.7. The molecule has 0 unspecified atom stereocenters. The van der Waals surface area contributed by atoms with Crippen molar-refractivity contribution in [3.8, 4) is 0 Å². The van der Waals surface area contributed by atoms with E-state index in [2.05, 4.69) is 64.1 Å². The molecule has 2 fully saturated rings. The monoisotopic (exact) mass is 450 g/mol. The molecule has 0 aromatic carbocycles. The SMILES string of the molecule is CN(C)[C@@H]1CCN(CCC(N)=O)C1.CN(C)[C@@H]1CCNC1.NC(=O)CCBr. The van der Waals surface area contributed by atoms with Crippen LogP contribution in [0, 0.1) is 0 Å². The number of rotatable bonds is 7. The lowest BCUT2D eigenvalue weighted by atomic mass is 10.2. The van der Waals surface area contributed by atoms with E-state index in [0.29, 0.717) is 24.2 Å². The van der Waals surface area contributed by atoms with Gasteiger partial charge in [0.05, 0.1) is 0 Å². The van der Waals surface area contributed by atoms with E-state index in [1.165, 1.54) is 25.9 Å². The molecule has 8 nitrogen and oxygen atoms in total. The van der Waals surface area contributed by atoms with Crippen LogP contribution >= 0.6 is 15.9 Å². The lowest BCUT2D eigenvalue weighted by molar-refractivity contribution is -0.118. The molecule has 2 heterocycles. The average molecular weight is 451 g/mol. The fourth-order valence-electron chi connectivity index (χ4n) is 2.88. The van der Waals surface area contributed by atoms with Gasteiger partial charge in [0, 0.05) is 49.9 Å². The zero-order valence-corrected chi connectivity index (χ0v) is 19.0. The summed E-state index contributed by atoms with van der Waals surface area (Å²) < 4.78 is 0. The van der Waals surface area contributed by atoms with Gasteiger partial charge in [0.15, 0.2) is 0 Å². The van der Waals surface area contributed by atoms with E-state index < -0.39 is 0 Å². The maximum Gasteiger partial charge on any atom is 0.218 e. The highest BCUT2D eigenvalue weighted by Gasteiger charge is 2.23. The van der Waals surface area contributed by atoms with E-state index in [1.807, 2.05) is 0 Å². The lowest BCUT2D eigenvalue weighted by Crippen LogP contribution is -2.32. The molecule has 2 atom stereocenters. The summed E-state index contributed by atoms with van der Waals surface area (Å²) >= 11 is 3.05. The number of carbonyl (C=O) groups is 2. The number of hydrogen-bond donors (Lipinski definition) is 3. The minimum atomic E-state index is -0.258. The zero-order valence-electron chi connectivity index (χ0n) is 17.4. The molecule has 9 heteroatoms. The molecule has 0 aromatic heterocycles. The van der Waals surface area contributed by atoms with Crippen molar-refractivity contribution < 1.29 is 9.59 Å². The molecule has 160 valence electrons. The Morgan fingerprint density at radius 3 is 1.93 bits per heavy atom. The van der Waals surface area contributed by atoms with E-state index in [9.17, 15) is 9.59 Å². The number of likely N-dealkylation sites (N-methyl/N-ethyl adjacent to an activating group) is 2. The van der Waals surface area contributed by atoms with Crippen LogP contribution in [0.15, 0.2) is 0 Å². The van der Waals surface area contributed by atoms with Gasteiger partial charge in [0.1, 0.15) is 0 Å². The second-order valence-electron chi connectivity index (χ2n) is 7.44. The van der Waals surface area contributed by atoms with E-state index >= 15 is 0 Å². The number of halogens is 1. The fraction of sp³-hybridized carbons (Fsp3) is 0.889. The number of hydrogen-bond acceptors (Lipinski definition) is 6. The predicted octanol–water partition coefficient (Wildman–Crippen LogP) is -0.336. The molecule has 0 radical (unpaired) electrons. The summed E-state index contributed by atoms with van der Waals surface area (Å²) in [7, 11) is 8.47. The van der Waals surface area contributed by atoms with Crippen molar-refractivity contribution in [1.29, 1.82) is 0 Å². The second-order valence-corrected chi connectivity index (χ2v) is 8.23. The molecule has 5 N–H and O–H groups in total. The van der Waals surface area contributed by atoms with E-state index in [1.54, 1.807) is 0 Å². The molecule has 2 aliphatic rings. The summed E-state index contributed by atoms with van der Waals surface area (Å²) in [6.07, 6.45) is 3.43. The van der Waals surface area contributed by atoms with Gasteiger partial charge in [-0.3, -0.25) is 9.59 Å². The number of carbonyl (C=O) groups excluding carboxylic acids is 2. The first kappa shape index (κ1) is 26.3. The van der Waals surface area contributed by atoms with E-state index in [4.69, 9.17) is 11.5 Å². The van der Waals surface area contributed by atoms with Crippen molar-refractivity contribution >= 4 is 27.7 Å².